The Morgan fingerprint density at radius 1 is 1.35 bits per heavy atom. The molecular formula is C15H20N4O. The minimum Gasteiger partial charge on any atom is -0.496 e. The zero-order valence-electron chi connectivity index (χ0n) is 11.7. The molecule has 0 bridgehead atoms. The van der Waals surface area contributed by atoms with Crippen molar-refractivity contribution < 1.29 is 4.74 Å². The molecule has 2 aromatic rings. The monoisotopic (exact) mass is 272 g/mol. The van der Waals surface area contributed by atoms with Gasteiger partial charge >= 0.3 is 0 Å². The third kappa shape index (κ3) is 2.41. The highest BCUT2D eigenvalue weighted by atomic mass is 16.5. The first-order valence-electron chi connectivity index (χ1n) is 7.06. The van der Waals surface area contributed by atoms with Crippen LogP contribution < -0.4 is 15.8 Å². The fourth-order valence-electron chi connectivity index (χ4n) is 2.97. The molecule has 0 radical (unpaired) electrons. The van der Waals surface area contributed by atoms with E-state index in [0.29, 0.717) is 12.0 Å². The van der Waals surface area contributed by atoms with Gasteiger partial charge in [0.1, 0.15) is 17.9 Å². The number of fused-ring (bicyclic) bond motifs is 1. The molecule has 1 fully saturated rings. The molecule has 1 aromatic heterocycles. The molecule has 5 nitrogen and oxygen atoms in total. The van der Waals surface area contributed by atoms with Crippen LogP contribution in [0.5, 0.6) is 5.75 Å². The van der Waals surface area contributed by atoms with Crippen molar-refractivity contribution in [1.82, 2.24) is 9.97 Å². The molecular weight excluding hydrogens is 252 g/mol. The number of nitrogens with one attached hydrogen (secondary N) is 1. The second kappa shape index (κ2) is 5.63. The van der Waals surface area contributed by atoms with Crippen molar-refractivity contribution in [3.8, 4) is 5.75 Å². The summed E-state index contributed by atoms with van der Waals surface area (Å²) < 4.78 is 5.43. The summed E-state index contributed by atoms with van der Waals surface area (Å²) in [7, 11) is 1.67. The van der Waals surface area contributed by atoms with E-state index < -0.39 is 0 Å². The minimum atomic E-state index is 0.437. The molecule has 1 saturated carbocycles. The average molecular weight is 272 g/mol. The van der Waals surface area contributed by atoms with Crippen LogP contribution in [-0.2, 0) is 0 Å². The van der Waals surface area contributed by atoms with Gasteiger partial charge in [-0.25, -0.2) is 9.97 Å². The summed E-state index contributed by atoms with van der Waals surface area (Å²) >= 11 is 0. The van der Waals surface area contributed by atoms with Gasteiger partial charge in [-0.05, 0) is 43.9 Å². The average Bonchev–Trinajstić information content (AvgIpc) is 2.94. The van der Waals surface area contributed by atoms with Gasteiger partial charge in [-0.2, -0.15) is 0 Å². The number of rotatable bonds is 4. The molecule has 3 rings (SSSR count). The third-order valence-corrected chi connectivity index (χ3v) is 4.06. The van der Waals surface area contributed by atoms with E-state index in [4.69, 9.17) is 10.5 Å². The molecule has 5 heteroatoms. The first-order valence-corrected chi connectivity index (χ1v) is 7.06. The van der Waals surface area contributed by atoms with E-state index in [9.17, 15) is 0 Å². The molecule has 0 amide bonds. The topological polar surface area (TPSA) is 73.1 Å². The van der Waals surface area contributed by atoms with Crippen LogP contribution in [0, 0.1) is 5.92 Å². The highest BCUT2D eigenvalue weighted by Gasteiger charge is 2.24. The SMILES string of the molecule is COc1cccc2ncnc(NC3CCC(CN)C3)c12. The van der Waals surface area contributed by atoms with E-state index in [2.05, 4.69) is 15.3 Å². The summed E-state index contributed by atoms with van der Waals surface area (Å²) in [5.41, 5.74) is 6.65. The largest absolute Gasteiger partial charge is 0.496 e. The van der Waals surface area contributed by atoms with Gasteiger partial charge in [0, 0.05) is 6.04 Å². The van der Waals surface area contributed by atoms with Crippen molar-refractivity contribution >= 4 is 16.7 Å². The van der Waals surface area contributed by atoms with Crippen LogP contribution in [0.4, 0.5) is 5.82 Å². The molecule has 106 valence electrons. The molecule has 1 aliphatic rings. The molecule has 0 aliphatic heterocycles. The Morgan fingerprint density at radius 3 is 3.00 bits per heavy atom. The van der Waals surface area contributed by atoms with E-state index in [1.165, 1.54) is 6.42 Å². The third-order valence-electron chi connectivity index (χ3n) is 4.06. The molecule has 20 heavy (non-hydrogen) atoms. The first-order chi connectivity index (χ1) is 9.81. The zero-order valence-corrected chi connectivity index (χ0v) is 11.7. The maximum absolute atomic E-state index is 5.75. The summed E-state index contributed by atoms with van der Waals surface area (Å²) in [4.78, 5) is 8.70. The van der Waals surface area contributed by atoms with Crippen molar-refractivity contribution in [2.24, 2.45) is 11.7 Å². The number of benzene rings is 1. The highest BCUT2D eigenvalue weighted by molar-refractivity contribution is 5.94. The van der Waals surface area contributed by atoms with E-state index in [0.717, 1.165) is 41.9 Å². The summed E-state index contributed by atoms with van der Waals surface area (Å²) in [5.74, 6) is 2.29. The first kappa shape index (κ1) is 13.1. The van der Waals surface area contributed by atoms with Crippen LogP contribution in [-0.4, -0.2) is 29.7 Å². The summed E-state index contributed by atoms with van der Waals surface area (Å²) in [6.45, 7) is 0.770. The zero-order chi connectivity index (χ0) is 13.9. The Bertz CT molecular complexity index is 596. The Kier molecular flexibility index (Phi) is 3.69. The van der Waals surface area contributed by atoms with Crippen molar-refractivity contribution in [3.05, 3.63) is 24.5 Å². The number of nitrogens with two attached hydrogens (primary N) is 1. The number of aromatic nitrogens is 2. The number of anilines is 1. The van der Waals surface area contributed by atoms with Crippen molar-refractivity contribution in [1.29, 1.82) is 0 Å². The molecule has 1 aromatic carbocycles. The van der Waals surface area contributed by atoms with Gasteiger partial charge in [-0.1, -0.05) is 6.07 Å². The Labute approximate surface area is 118 Å². The van der Waals surface area contributed by atoms with Crippen molar-refractivity contribution in [3.63, 3.8) is 0 Å². The van der Waals surface area contributed by atoms with Crippen molar-refractivity contribution in [2.45, 2.75) is 25.3 Å². The standard InChI is InChI=1S/C15H20N4O/c1-20-13-4-2-3-12-14(13)15(18-9-17-12)19-11-6-5-10(7-11)8-16/h2-4,9-11H,5-8,16H2,1H3,(H,17,18,19). The normalized spacial score (nSPS) is 22.1. The molecule has 0 spiro atoms. The second-order valence-corrected chi connectivity index (χ2v) is 5.33. The lowest BCUT2D eigenvalue weighted by Crippen LogP contribution is -2.19. The van der Waals surface area contributed by atoms with Gasteiger partial charge in [-0.3, -0.25) is 0 Å². The number of hydrogen-bond acceptors (Lipinski definition) is 5. The Morgan fingerprint density at radius 2 is 2.25 bits per heavy atom. The van der Waals surface area contributed by atoms with Crippen molar-refractivity contribution in [2.75, 3.05) is 19.0 Å². The Balaban J connectivity index is 1.91. The van der Waals surface area contributed by atoms with E-state index in [1.54, 1.807) is 13.4 Å². The number of ether oxygens (including phenoxy) is 1. The van der Waals surface area contributed by atoms with Gasteiger partial charge in [0.05, 0.1) is 18.0 Å². The quantitative estimate of drug-likeness (QED) is 0.892. The minimum absolute atomic E-state index is 0.437. The highest BCUT2D eigenvalue weighted by Crippen LogP contribution is 2.32. The predicted molar refractivity (Wildman–Crippen MR) is 79.9 cm³/mol. The Hall–Kier alpha value is -1.88. The van der Waals surface area contributed by atoms with Gasteiger partial charge in [0.15, 0.2) is 0 Å². The molecule has 2 unspecified atom stereocenters. The smallest absolute Gasteiger partial charge is 0.141 e. The van der Waals surface area contributed by atoms with Gasteiger partial charge in [0.2, 0.25) is 0 Å². The number of methoxy groups -OCH3 is 1. The van der Waals surface area contributed by atoms with E-state index in [-0.39, 0.29) is 0 Å². The summed E-state index contributed by atoms with van der Waals surface area (Å²) in [5, 5.41) is 4.49. The maximum atomic E-state index is 5.75. The van der Waals surface area contributed by atoms with Crippen LogP contribution in [0.3, 0.4) is 0 Å². The molecule has 0 saturated heterocycles. The van der Waals surface area contributed by atoms with E-state index in [1.807, 2.05) is 18.2 Å². The fourth-order valence-corrected chi connectivity index (χ4v) is 2.97. The van der Waals surface area contributed by atoms with Crippen LogP contribution in [0.25, 0.3) is 10.9 Å². The van der Waals surface area contributed by atoms with E-state index >= 15 is 0 Å². The van der Waals surface area contributed by atoms with Crippen LogP contribution in [0.1, 0.15) is 19.3 Å². The fraction of sp³-hybridized carbons (Fsp3) is 0.467. The lowest BCUT2D eigenvalue weighted by Gasteiger charge is -2.16. The molecule has 2 atom stereocenters. The maximum Gasteiger partial charge on any atom is 0.141 e. The van der Waals surface area contributed by atoms with Crippen LogP contribution in [0.15, 0.2) is 24.5 Å². The number of nitrogens with zero attached hydrogens (tertiary/aromatic N) is 2. The van der Waals surface area contributed by atoms with Crippen LogP contribution >= 0.6 is 0 Å². The van der Waals surface area contributed by atoms with Crippen LogP contribution in [0.2, 0.25) is 0 Å². The lowest BCUT2D eigenvalue weighted by atomic mass is 10.1. The number of hydrogen-bond donors (Lipinski definition) is 2. The summed E-state index contributed by atoms with van der Waals surface area (Å²) in [6.07, 6.45) is 5.04. The predicted octanol–water partition coefficient (Wildman–Crippen LogP) is 2.18. The van der Waals surface area contributed by atoms with Gasteiger partial charge < -0.3 is 15.8 Å². The molecule has 1 heterocycles. The second-order valence-electron chi connectivity index (χ2n) is 5.33. The molecule has 3 N–H and O–H groups in total. The summed E-state index contributed by atoms with van der Waals surface area (Å²) in [6, 6.07) is 6.29. The lowest BCUT2D eigenvalue weighted by molar-refractivity contribution is 0.419. The van der Waals surface area contributed by atoms with Gasteiger partial charge in [0.25, 0.3) is 0 Å². The molecule has 1 aliphatic carbocycles. The van der Waals surface area contributed by atoms with Gasteiger partial charge in [-0.15, -0.1) is 0 Å².